The predicted molar refractivity (Wildman–Crippen MR) is 88.5 cm³/mol. The largest absolute Gasteiger partial charge is 0.319 e. The summed E-state index contributed by atoms with van der Waals surface area (Å²) < 4.78 is 26.7. The number of rotatable bonds is 6. The number of hydrogen-bond donors (Lipinski definition) is 1. The molecule has 0 bridgehead atoms. The van der Waals surface area contributed by atoms with Crippen molar-refractivity contribution in [1.82, 2.24) is 9.62 Å². The lowest BCUT2D eigenvalue weighted by atomic mass is 10.1. The van der Waals surface area contributed by atoms with Crippen LogP contribution in [0.15, 0.2) is 29.2 Å². The molecule has 1 N–H and O–H groups in total. The Bertz CT molecular complexity index is 531. The number of hydrogen-bond acceptors (Lipinski definition) is 3. The number of halogens is 1. The van der Waals surface area contributed by atoms with Crippen molar-refractivity contribution in [2.75, 3.05) is 26.7 Å². The average Bonchev–Trinajstić information content (AvgIpc) is 2.90. The summed E-state index contributed by atoms with van der Waals surface area (Å²) in [7, 11) is -1.41. The monoisotopic (exact) mass is 332 g/mol. The van der Waals surface area contributed by atoms with E-state index in [2.05, 4.69) is 12.2 Å². The molecule has 120 valence electrons. The van der Waals surface area contributed by atoms with E-state index in [1.807, 2.05) is 19.2 Å². The fraction of sp³-hybridized carbons (Fsp3) is 0.600. The van der Waals surface area contributed by atoms with Gasteiger partial charge in [0, 0.05) is 13.1 Å². The van der Waals surface area contributed by atoms with Gasteiger partial charge in [-0.3, -0.25) is 0 Å². The zero-order valence-corrected chi connectivity index (χ0v) is 14.3. The minimum absolute atomic E-state index is 0. The van der Waals surface area contributed by atoms with E-state index in [9.17, 15) is 8.42 Å². The molecule has 21 heavy (non-hydrogen) atoms. The molecule has 1 aromatic carbocycles. The molecular weight excluding hydrogens is 308 g/mol. The first-order valence-electron chi connectivity index (χ1n) is 7.31. The van der Waals surface area contributed by atoms with Crippen LogP contribution in [0, 0.1) is 5.92 Å². The molecule has 1 aliphatic rings. The third kappa shape index (κ3) is 4.42. The van der Waals surface area contributed by atoms with E-state index in [4.69, 9.17) is 0 Å². The zero-order valence-electron chi connectivity index (χ0n) is 12.7. The Morgan fingerprint density at radius 1 is 1.29 bits per heavy atom. The van der Waals surface area contributed by atoms with Gasteiger partial charge in [0.2, 0.25) is 10.0 Å². The van der Waals surface area contributed by atoms with E-state index in [0.717, 1.165) is 25.8 Å². The maximum Gasteiger partial charge on any atom is 0.243 e. The van der Waals surface area contributed by atoms with Gasteiger partial charge in [0.15, 0.2) is 0 Å². The first kappa shape index (κ1) is 18.4. The molecule has 1 aromatic rings. The maximum atomic E-state index is 12.6. The van der Waals surface area contributed by atoms with Crippen LogP contribution in [0.2, 0.25) is 0 Å². The molecule has 0 amide bonds. The molecule has 6 heteroatoms. The van der Waals surface area contributed by atoms with E-state index in [-0.39, 0.29) is 12.4 Å². The van der Waals surface area contributed by atoms with Crippen LogP contribution in [0.3, 0.4) is 0 Å². The van der Waals surface area contributed by atoms with Crippen molar-refractivity contribution in [3.05, 3.63) is 29.8 Å². The van der Waals surface area contributed by atoms with Crippen molar-refractivity contribution in [3.63, 3.8) is 0 Å². The number of nitrogens with zero attached hydrogens (tertiary/aromatic N) is 1. The lowest BCUT2D eigenvalue weighted by molar-refractivity contribution is 0.451. The quantitative estimate of drug-likeness (QED) is 0.869. The number of nitrogens with one attached hydrogen (secondary N) is 1. The molecule has 1 heterocycles. The normalized spacial score (nSPS) is 19.4. The second-order valence-electron chi connectivity index (χ2n) is 5.47. The fourth-order valence-corrected chi connectivity index (χ4v) is 4.27. The van der Waals surface area contributed by atoms with Gasteiger partial charge in [-0.05, 0) is 50.0 Å². The highest BCUT2D eigenvalue weighted by atomic mass is 35.5. The SMILES string of the molecule is CCCc1ccc(S(=O)(=O)N2CCC(CNC)C2)cc1.Cl. The summed E-state index contributed by atoms with van der Waals surface area (Å²) in [6.07, 6.45) is 3.01. The minimum Gasteiger partial charge on any atom is -0.319 e. The second-order valence-corrected chi connectivity index (χ2v) is 7.41. The Morgan fingerprint density at radius 3 is 2.52 bits per heavy atom. The molecular formula is C15H25ClN2O2S. The van der Waals surface area contributed by atoms with Crippen molar-refractivity contribution in [3.8, 4) is 0 Å². The van der Waals surface area contributed by atoms with E-state index in [0.29, 0.717) is 23.9 Å². The highest BCUT2D eigenvalue weighted by Gasteiger charge is 2.31. The van der Waals surface area contributed by atoms with Crippen LogP contribution >= 0.6 is 12.4 Å². The molecule has 0 aliphatic carbocycles. The second kappa shape index (κ2) is 8.13. The van der Waals surface area contributed by atoms with E-state index >= 15 is 0 Å². The highest BCUT2D eigenvalue weighted by molar-refractivity contribution is 7.89. The smallest absolute Gasteiger partial charge is 0.243 e. The van der Waals surface area contributed by atoms with Gasteiger partial charge in [-0.1, -0.05) is 25.5 Å². The summed E-state index contributed by atoms with van der Waals surface area (Å²) in [6.45, 7) is 4.25. The molecule has 0 aromatic heterocycles. The lowest BCUT2D eigenvalue weighted by Crippen LogP contribution is -2.30. The summed E-state index contributed by atoms with van der Waals surface area (Å²) >= 11 is 0. The first-order valence-corrected chi connectivity index (χ1v) is 8.75. The first-order chi connectivity index (χ1) is 9.57. The van der Waals surface area contributed by atoms with Crippen LogP contribution in [0.5, 0.6) is 0 Å². The summed E-state index contributed by atoms with van der Waals surface area (Å²) in [6, 6.07) is 7.34. The van der Waals surface area contributed by atoms with Crippen LogP contribution in [-0.4, -0.2) is 39.4 Å². The van der Waals surface area contributed by atoms with Gasteiger partial charge >= 0.3 is 0 Å². The summed E-state index contributed by atoms with van der Waals surface area (Å²) in [4.78, 5) is 0.419. The number of sulfonamides is 1. The Kier molecular flexibility index (Phi) is 7.13. The van der Waals surface area contributed by atoms with Gasteiger partial charge in [0.25, 0.3) is 0 Å². The van der Waals surface area contributed by atoms with Crippen molar-refractivity contribution >= 4 is 22.4 Å². The van der Waals surface area contributed by atoms with E-state index in [1.54, 1.807) is 16.4 Å². The summed E-state index contributed by atoms with van der Waals surface area (Å²) in [5, 5.41) is 3.12. The molecule has 1 atom stereocenters. The Balaban J connectivity index is 0.00000220. The highest BCUT2D eigenvalue weighted by Crippen LogP contribution is 2.24. The average molecular weight is 333 g/mol. The zero-order chi connectivity index (χ0) is 14.6. The molecule has 4 nitrogen and oxygen atoms in total. The van der Waals surface area contributed by atoms with Gasteiger partial charge in [-0.25, -0.2) is 8.42 Å². The predicted octanol–water partition coefficient (Wildman–Crippen LogP) is 2.29. The van der Waals surface area contributed by atoms with Crippen molar-refractivity contribution in [2.45, 2.75) is 31.1 Å². The van der Waals surface area contributed by atoms with Crippen LogP contribution in [0.25, 0.3) is 0 Å². The molecule has 1 saturated heterocycles. The lowest BCUT2D eigenvalue weighted by Gasteiger charge is -2.17. The molecule has 1 unspecified atom stereocenters. The fourth-order valence-electron chi connectivity index (χ4n) is 2.74. The molecule has 0 saturated carbocycles. The van der Waals surface area contributed by atoms with Crippen LogP contribution in [-0.2, 0) is 16.4 Å². The number of aryl methyl sites for hydroxylation is 1. The van der Waals surface area contributed by atoms with E-state index in [1.165, 1.54) is 5.56 Å². The standard InChI is InChI=1S/C15H24N2O2S.ClH/c1-3-4-13-5-7-15(8-6-13)20(18,19)17-10-9-14(12-17)11-16-2;/h5-8,14,16H,3-4,9-12H2,1-2H3;1H. The topological polar surface area (TPSA) is 49.4 Å². The molecule has 1 aliphatic heterocycles. The Morgan fingerprint density at radius 2 is 1.95 bits per heavy atom. The third-order valence-corrected chi connectivity index (χ3v) is 5.72. The third-order valence-electron chi connectivity index (χ3n) is 3.84. The summed E-state index contributed by atoms with van der Waals surface area (Å²) in [5.74, 6) is 0.425. The molecule has 1 fully saturated rings. The van der Waals surface area contributed by atoms with Crippen molar-refractivity contribution in [1.29, 1.82) is 0 Å². The Hall–Kier alpha value is -0.620. The van der Waals surface area contributed by atoms with Gasteiger partial charge in [0.1, 0.15) is 0 Å². The van der Waals surface area contributed by atoms with Gasteiger partial charge in [0.05, 0.1) is 4.90 Å². The van der Waals surface area contributed by atoms with Crippen LogP contribution < -0.4 is 5.32 Å². The number of benzene rings is 1. The minimum atomic E-state index is -3.32. The molecule has 2 rings (SSSR count). The summed E-state index contributed by atoms with van der Waals surface area (Å²) in [5.41, 5.74) is 1.20. The van der Waals surface area contributed by atoms with Crippen molar-refractivity contribution < 1.29 is 8.42 Å². The van der Waals surface area contributed by atoms with Gasteiger partial charge in [-0.2, -0.15) is 4.31 Å². The molecule has 0 spiro atoms. The van der Waals surface area contributed by atoms with Crippen LogP contribution in [0.4, 0.5) is 0 Å². The van der Waals surface area contributed by atoms with Crippen LogP contribution in [0.1, 0.15) is 25.3 Å². The maximum absolute atomic E-state index is 12.6. The van der Waals surface area contributed by atoms with E-state index < -0.39 is 10.0 Å². The molecule has 0 radical (unpaired) electrons. The van der Waals surface area contributed by atoms with Crippen molar-refractivity contribution in [2.24, 2.45) is 5.92 Å². The Labute approximate surface area is 134 Å². The van der Waals surface area contributed by atoms with Gasteiger partial charge < -0.3 is 5.32 Å². The van der Waals surface area contributed by atoms with Gasteiger partial charge in [-0.15, -0.1) is 12.4 Å².